The molecule has 1 aliphatic heterocycles. The molecular weight excluding hydrogens is 272 g/mol. The van der Waals surface area contributed by atoms with Crippen LogP contribution in [0.2, 0.25) is 0 Å². The van der Waals surface area contributed by atoms with E-state index in [1.807, 2.05) is 0 Å². The lowest BCUT2D eigenvalue weighted by Crippen LogP contribution is -2.53. The molecular formula is C11H20N2O5S. The molecule has 8 heteroatoms. The fourth-order valence-electron chi connectivity index (χ4n) is 2.07. The minimum atomic E-state index is -3.57. The fraction of sp³-hybridized carbons (Fsp3) is 0.818. The maximum absolute atomic E-state index is 11.8. The highest BCUT2D eigenvalue weighted by Gasteiger charge is 2.34. The van der Waals surface area contributed by atoms with Crippen molar-refractivity contribution in [3.8, 4) is 0 Å². The number of primary amides is 1. The third-order valence-electron chi connectivity index (χ3n) is 3.13. The van der Waals surface area contributed by atoms with Crippen LogP contribution >= 0.6 is 0 Å². The van der Waals surface area contributed by atoms with Gasteiger partial charge in [0.25, 0.3) is 10.1 Å². The van der Waals surface area contributed by atoms with E-state index < -0.39 is 28.2 Å². The molecule has 0 aliphatic carbocycles. The molecule has 0 aromatic carbocycles. The largest absolute Gasteiger partial charge is 0.368 e. The lowest BCUT2D eigenvalue weighted by atomic mass is 10.0. The zero-order chi connectivity index (χ0) is 14.6. The molecule has 0 saturated carbocycles. The Kier molecular flexibility index (Phi) is 5.30. The smallest absolute Gasteiger partial charge is 0.267 e. The van der Waals surface area contributed by atoms with Gasteiger partial charge in [0.05, 0.1) is 11.9 Å². The fourth-order valence-corrected chi connectivity index (χ4v) is 2.78. The van der Waals surface area contributed by atoms with E-state index in [-0.39, 0.29) is 24.6 Å². The Balaban J connectivity index is 2.78. The first kappa shape index (κ1) is 15.9. The molecule has 0 aromatic rings. The van der Waals surface area contributed by atoms with Crippen LogP contribution in [0, 0.1) is 0 Å². The normalized spacial score (nSPS) is 22.3. The van der Waals surface area contributed by atoms with Gasteiger partial charge in [-0.15, -0.1) is 0 Å². The van der Waals surface area contributed by atoms with Gasteiger partial charge in [-0.1, -0.05) is 6.92 Å². The van der Waals surface area contributed by atoms with Crippen LogP contribution in [0.25, 0.3) is 0 Å². The molecule has 1 fully saturated rings. The molecule has 1 heterocycles. The van der Waals surface area contributed by atoms with Crippen LogP contribution in [0.15, 0.2) is 0 Å². The highest BCUT2D eigenvalue weighted by molar-refractivity contribution is 7.86. The molecule has 2 amide bonds. The number of piperidine rings is 1. The predicted octanol–water partition coefficient (Wildman–Crippen LogP) is -0.392. The van der Waals surface area contributed by atoms with E-state index in [1.165, 1.54) is 11.8 Å². The molecule has 1 aliphatic rings. The van der Waals surface area contributed by atoms with Crippen LogP contribution in [0.1, 0.15) is 33.1 Å². The maximum Gasteiger partial charge on any atom is 0.267 e. The summed E-state index contributed by atoms with van der Waals surface area (Å²) in [4.78, 5) is 24.4. The molecule has 2 N–H and O–H groups in total. The molecule has 1 unspecified atom stereocenters. The minimum Gasteiger partial charge on any atom is -0.368 e. The average molecular weight is 292 g/mol. The molecule has 0 radical (unpaired) electrons. The Morgan fingerprint density at radius 2 is 2.16 bits per heavy atom. The van der Waals surface area contributed by atoms with Gasteiger partial charge in [-0.25, -0.2) is 0 Å². The first-order valence-electron chi connectivity index (χ1n) is 6.30. The average Bonchev–Trinajstić information content (AvgIpc) is 2.33. The van der Waals surface area contributed by atoms with Crippen molar-refractivity contribution in [3.05, 3.63) is 0 Å². The summed E-state index contributed by atoms with van der Waals surface area (Å²) in [5.41, 5.74) is 5.25. The van der Waals surface area contributed by atoms with Gasteiger partial charge >= 0.3 is 0 Å². The Bertz CT molecular complexity index is 448. The molecule has 0 aromatic heterocycles. The molecule has 0 bridgehead atoms. The van der Waals surface area contributed by atoms with Crippen LogP contribution < -0.4 is 5.73 Å². The molecule has 7 nitrogen and oxygen atoms in total. The second-order valence-electron chi connectivity index (χ2n) is 4.48. The summed E-state index contributed by atoms with van der Waals surface area (Å²) in [7, 11) is -3.57. The lowest BCUT2D eigenvalue weighted by Gasteiger charge is -2.35. The number of hydrogen-bond donors (Lipinski definition) is 1. The number of hydrogen-bond acceptors (Lipinski definition) is 5. The van der Waals surface area contributed by atoms with Gasteiger partial charge in [-0.05, 0) is 19.8 Å². The van der Waals surface area contributed by atoms with Crippen molar-refractivity contribution in [2.24, 2.45) is 5.73 Å². The summed E-state index contributed by atoms with van der Waals surface area (Å²) in [6.07, 6.45) is 0.294. The van der Waals surface area contributed by atoms with Gasteiger partial charge in [0.2, 0.25) is 11.8 Å². The molecule has 0 spiro atoms. The van der Waals surface area contributed by atoms with Gasteiger partial charge in [-0.3, -0.25) is 13.8 Å². The quantitative estimate of drug-likeness (QED) is 0.671. The van der Waals surface area contributed by atoms with Crippen molar-refractivity contribution in [1.82, 2.24) is 4.90 Å². The second-order valence-corrected chi connectivity index (χ2v) is 6.36. The van der Waals surface area contributed by atoms with Crippen molar-refractivity contribution in [3.63, 3.8) is 0 Å². The standard InChI is InChI=1S/C11H20N2O5S/c1-3-9(11(12)15)13-7-8(5-6-10(13)14)18-19(16,17)4-2/h8-9H,3-7H2,1-2H3,(H2,12,15)/t8?,9-/m0/s1. The Labute approximate surface area is 113 Å². The van der Waals surface area contributed by atoms with Gasteiger partial charge < -0.3 is 10.6 Å². The topological polar surface area (TPSA) is 107 Å². The second kappa shape index (κ2) is 6.33. The zero-order valence-electron chi connectivity index (χ0n) is 11.2. The van der Waals surface area contributed by atoms with E-state index in [2.05, 4.69) is 0 Å². The summed E-state index contributed by atoms with van der Waals surface area (Å²) >= 11 is 0. The van der Waals surface area contributed by atoms with E-state index in [4.69, 9.17) is 9.92 Å². The summed E-state index contributed by atoms with van der Waals surface area (Å²) in [6, 6.07) is -0.705. The predicted molar refractivity (Wildman–Crippen MR) is 68.6 cm³/mol. The van der Waals surface area contributed by atoms with Crippen molar-refractivity contribution >= 4 is 21.9 Å². The number of nitrogens with two attached hydrogens (primary N) is 1. The number of likely N-dealkylation sites (tertiary alicyclic amines) is 1. The zero-order valence-corrected chi connectivity index (χ0v) is 12.0. The number of carbonyl (C=O) groups excluding carboxylic acids is 2. The third-order valence-corrected chi connectivity index (χ3v) is 4.40. The van der Waals surface area contributed by atoms with Gasteiger partial charge in [0, 0.05) is 13.0 Å². The maximum atomic E-state index is 11.8. The third kappa shape index (κ3) is 4.17. The molecule has 1 saturated heterocycles. The van der Waals surface area contributed by atoms with Crippen LogP contribution in [0.5, 0.6) is 0 Å². The van der Waals surface area contributed by atoms with Crippen molar-refractivity contribution in [2.45, 2.75) is 45.3 Å². The van der Waals surface area contributed by atoms with E-state index in [0.29, 0.717) is 12.8 Å². The summed E-state index contributed by atoms with van der Waals surface area (Å²) in [5, 5.41) is 0. The molecule has 110 valence electrons. The van der Waals surface area contributed by atoms with Crippen molar-refractivity contribution in [1.29, 1.82) is 0 Å². The van der Waals surface area contributed by atoms with E-state index in [0.717, 1.165) is 0 Å². The number of rotatable bonds is 6. The van der Waals surface area contributed by atoms with Gasteiger partial charge in [0.15, 0.2) is 0 Å². The molecule has 1 rings (SSSR count). The monoisotopic (exact) mass is 292 g/mol. The van der Waals surface area contributed by atoms with Gasteiger partial charge in [-0.2, -0.15) is 8.42 Å². The number of carbonyl (C=O) groups is 2. The molecule has 2 atom stereocenters. The van der Waals surface area contributed by atoms with E-state index in [1.54, 1.807) is 6.92 Å². The minimum absolute atomic E-state index is 0.0828. The van der Waals surface area contributed by atoms with Crippen LogP contribution in [0.4, 0.5) is 0 Å². The van der Waals surface area contributed by atoms with E-state index >= 15 is 0 Å². The van der Waals surface area contributed by atoms with E-state index in [9.17, 15) is 18.0 Å². The molecule has 19 heavy (non-hydrogen) atoms. The summed E-state index contributed by atoms with van der Waals surface area (Å²) in [6.45, 7) is 3.31. The Hall–Kier alpha value is -1.15. The highest BCUT2D eigenvalue weighted by Crippen LogP contribution is 2.20. The first-order chi connectivity index (χ1) is 8.80. The lowest BCUT2D eigenvalue weighted by molar-refractivity contribution is -0.144. The van der Waals surface area contributed by atoms with Gasteiger partial charge in [0.1, 0.15) is 6.04 Å². The number of amides is 2. The first-order valence-corrected chi connectivity index (χ1v) is 7.88. The number of nitrogens with zero attached hydrogens (tertiary/aromatic N) is 1. The van der Waals surface area contributed by atoms with Crippen molar-refractivity contribution < 1.29 is 22.2 Å². The summed E-state index contributed by atoms with van der Waals surface area (Å²) in [5.74, 6) is -0.904. The van der Waals surface area contributed by atoms with Crippen LogP contribution in [0.3, 0.4) is 0 Å². The van der Waals surface area contributed by atoms with Crippen molar-refractivity contribution in [2.75, 3.05) is 12.3 Å². The summed E-state index contributed by atoms with van der Waals surface area (Å²) < 4.78 is 27.8. The highest BCUT2D eigenvalue weighted by atomic mass is 32.2. The van der Waals surface area contributed by atoms with Crippen LogP contribution in [-0.2, 0) is 23.9 Å². The SMILES string of the molecule is CC[C@@H](C(N)=O)N1CC(OS(=O)(=O)CC)CCC1=O. The van der Waals surface area contributed by atoms with Crippen LogP contribution in [-0.4, -0.2) is 49.6 Å². The Morgan fingerprint density at radius 1 is 1.53 bits per heavy atom. The Morgan fingerprint density at radius 3 is 2.63 bits per heavy atom.